The molecular formula is C22H15Cl4N3O2. The molecule has 3 rings (SSSR count). The lowest BCUT2D eigenvalue weighted by molar-refractivity contribution is -0.113. The Morgan fingerprint density at radius 1 is 0.839 bits per heavy atom. The van der Waals surface area contributed by atoms with Crippen molar-refractivity contribution in [3.05, 3.63) is 97.6 Å². The summed E-state index contributed by atoms with van der Waals surface area (Å²) in [6.07, 6.45) is 1.43. The minimum atomic E-state index is -0.639. The van der Waals surface area contributed by atoms with Crippen LogP contribution in [0.2, 0.25) is 20.1 Å². The minimum Gasteiger partial charge on any atom is -0.397 e. The van der Waals surface area contributed by atoms with Gasteiger partial charge in [-0.1, -0.05) is 70.7 Å². The SMILES string of the molecule is Nc1cc(Cl)c(Cl)cc1NC(=O)/C(=C/c1ccc(Cl)cc1Cl)NC(=O)c1ccccc1. The number of rotatable bonds is 5. The quantitative estimate of drug-likeness (QED) is 0.287. The first-order valence-electron chi connectivity index (χ1n) is 8.83. The maximum atomic E-state index is 13.0. The second-order valence-electron chi connectivity index (χ2n) is 6.35. The largest absolute Gasteiger partial charge is 0.397 e. The number of hydrogen-bond donors (Lipinski definition) is 3. The predicted molar refractivity (Wildman–Crippen MR) is 128 cm³/mol. The van der Waals surface area contributed by atoms with Crippen LogP contribution < -0.4 is 16.4 Å². The number of benzene rings is 3. The molecule has 5 nitrogen and oxygen atoms in total. The summed E-state index contributed by atoms with van der Waals surface area (Å²) in [6.45, 7) is 0. The van der Waals surface area contributed by atoms with Crippen molar-refractivity contribution in [2.75, 3.05) is 11.1 Å². The van der Waals surface area contributed by atoms with E-state index in [1.807, 2.05) is 0 Å². The number of hydrogen-bond acceptors (Lipinski definition) is 3. The highest BCUT2D eigenvalue weighted by molar-refractivity contribution is 6.42. The van der Waals surface area contributed by atoms with Crippen LogP contribution in [0.4, 0.5) is 11.4 Å². The second kappa shape index (κ2) is 10.1. The van der Waals surface area contributed by atoms with Gasteiger partial charge in [-0.15, -0.1) is 0 Å². The summed E-state index contributed by atoms with van der Waals surface area (Å²) in [5.74, 6) is -1.12. The molecule has 3 aromatic carbocycles. The molecule has 0 heterocycles. The fraction of sp³-hybridized carbons (Fsp3) is 0. The second-order valence-corrected chi connectivity index (χ2v) is 8.01. The standard InChI is InChI=1S/C22H15Cl4N3O2/c23-14-7-6-13(15(24)9-14)8-20(29-21(30)12-4-2-1-3-5-12)22(31)28-19-11-17(26)16(25)10-18(19)27/h1-11H,27H2,(H,28,31)(H,29,30)/b20-8-. The highest BCUT2D eigenvalue weighted by Gasteiger charge is 2.17. The number of nitrogens with one attached hydrogen (secondary N) is 2. The molecule has 4 N–H and O–H groups in total. The Hall–Kier alpha value is -2.70. The molecule has 0 saturated carbocycles. The Kier molecular flexibility index (Phi) is 7.46. The van der Waals surface area contributed by atoms with Crippen molar-refractivity contribution in [1.82, 2.24) is 5.32 Å². The first-order valence-corrected chi connectivity index (χ1v) is 10.3. The highest BCUT2D eigenvalue weighted by Crippen LogP contribution is 2.31. The summed E-state index contributed by atoms with van der Waals surface area (Å²) in [7, 11) is 0. The molecule has 0 unspecified atom stereocenters. The first-order chi connectivity index (χ1) is 14.7. The van der Waals surface area contributed by atoms with E-state index in [1.165, 1.54) is 24.3 Å². The van der Waals surface area contributed by atoms with E-state index < -0.39 is 11.8 Å². The smallest absolute Gasteiger partial charge is 0.272 e. The van der Waals surface area contributed by atoms with E-state index in [9.17, 15) is 9.59 Å². The van der Waals surface area contributed by atoms with E-state index in [2.05, 4.69) is 10.6 Å². The number of anilines is 2. The van der Waals surface area contributed by atoms with E-state index in [0.717, 1.165) is 0 Å². The molecule has 0 saturated heterocycles. The molecule has 0 bridgehead atoms. The van der Waals surface area contributed by atoms with Crippen LogP contribution in [0.3, 0.4) is 0 Å². The van der Waals surface area contributed by atoms with Gasteiger partial charge in [0.1, 0.15) is 5.70 Å². The molecule has 0 atom stereocenters. The topological polar surface area (TPSA) is 84.2 Å². The normalized spacial score (nSPS) is 11.2. The van der Waals surface area contributed by atoms with Gasteiger partial charge in [0.2, 0.25) is 0 Å². The first kappa shape index (κ1) is 23.0. The molecule has 0 aliphatic rings. The van der Waals surface area contributed by atoms with Crippen molar-refractivity contribution in [1.29, 1.82) is 0 Å². The van der Waals surface area contributed by atoms with Gasteiger partial charge < -0.3 is 16.4 Å². The average Bonchev–Trinajstić information content (AvgIpc) is 2.73. The number of amides is 2. The molecule has 3 aromatic rings. The third-order valence-electron chi connectivity index (χ3n) is 4.13. The van der Waals surface area contributed by atoms with Crippen LogP contribution in [0.1, 0.15) is 15.9 Å². The number of carbonyl (C=O) groups is 2. The van der Waals surface area contributed by atoms with Crippen LogP contribution in [-0.4, -0.2) is 11.8 Å². The van der Waals surface area contributed by atoms with E-state index in [4.69, 9.17) is 52.1 Å². The number of carbonyl (C=O) groups excluding carboxylic acids is 2. The van der Waals surface area contributed by atoms with Crippen LogP contribution in [0.15, 0.2) is 66.4 Å². The predicted octanol–water partition coefficient (Wildman–Crippen LogP) is 6.29. The molecule has 0 aliphatic heterocycles. The van der Waals surface area contributed by atoms with Crippen molar-refractivity contribution in [3.63, 3.8) is 0 Å². The highest BCUT2D eigenvalue weighted by atomic mass is 35.5. The summed E-state index contributed by atoms with van der Waals surface area (Å²) in [6, 6.07) is 16.1. The molecule has 2 amide bonds. The van der Waals surface area contributed by atoms with Gasteiger partial charge in [-0.2, -0.15) is 0 Å². The van der Waals surface area contributed by atoms with Gasteiger partial charge in [-0.25, -0.2) is 0 Å². The van der Waals surface area contributed by atoms with Gasteiger partial charge in [-0.05, 0) is 48.0 Å². The average molecular weight is 495 g/mol. The molecule has 0 radical (unpaired) electrons. The summed E-state index contributed by atoms with van der Waals surface area (Å²) >= 11 is 24.1. The lowest BCUT2D eigenvalue weighted by atomic mass is 10.1. The fourth-order valence-electron chi connectivity index (χ4n) is 2.58. The van der Waals surface area contributed by atoms with E-state index in [0.29, 0.717) is 21.2 Å². The maximum absolute atomic E-state index is 13.0. The monoisotopic (exact) mass is 493 g/mol. The van der Waals surface area contributed by atoms with Crippen molar-refractivity contribution < 1.29 is 9.59 Å². The van der Waals surface area contributed by atoms with Crippen molar-refractivity contribution in [2.24, 2.45) is 0 Å². The van der Waals surface area contributed by atoms with Gasteiger partial charge >= 0.3 is 0 Å². The minimum absolute atomic E-state index is 0.0662. The van der Waals surface area contributed by atoms with Crippen LogP contribution in [-0.2, 0) is 4.79 Å². The van der Waals surface area contributed by atoms with Crippen LogP contribution >= 0.6 is 46.4 Å². The Morgan fingerprint density at radius 3 is 2.19 bits per heavy atom. The molecule has 0 aromatic heterocycles. The van der Waals surface area contributed by atoms with Crippen molar-refractivity contribution >= 4 is 75.7 Å². The molecule has 9 heteroatoms. The lowest BCUT2D eigenvalue weighted by Crippen LogP contribution is -2.31. The third-order valence-corrected chi connectivity index (χ3v) is 5.42. The van der Waals surface area contributed by atoms with E-state index in [-0.39, 0.29) is 27.1 Å². The van der Waals surface area contributed by atoms with Crippen molar-refractivity contribution in [2.45, 2.75) is 0 Å². The number of halogens is 4. The third kappa shape index (κ3) is 5.93. The summed E-state index contributed by atoms with van der Waals surface area (Å²) in [5.41, 5.74) is 7.16. The summed E-state index contributed by atoms with van der Waals surface area (Å²) in [4.78, 5) is 25.7. The van der Waals surface area contributed by atoms with Crippen LogP contribution in [0.5, 0.6) is 0 Å². The van der Waals surface area contributed by atoms with Gasteiger partial charge in [0.05, 0.1) is 21.4 Å². The van der Waals surface area contributed by atoms with Crippen molar-refractivity contribution in [3.8, 4) is 0 Å². The van der Waals surface area contributed by atoms with Gasteiger partial charge in [0.15, 0.2) is 0 Å². The molecule has 31 heavy (non-hydrogen) atoms. The maximum Gasteiger partial charge on any atom is 0.272 e. The Balaban J connectivity index is 1.96. The van der Waals surface area contributed by atoms with Gasteiger partial charge in [0.25, 0.3) is 11.8 Å². The summed E-state index contributed by atoms with van der Waals surface area (Å²) in [5, 5.41) is 6.44. The zero-order chi connectivity index (χ0) is 22.5. The molecular weight excluding hydrogens is 480 g/mol. The lowest BCUT2D eigenvalue weighted by Gasteiger charge is -2.14. The van der Waals surface area contributed by atoms with Gasteiger partial charge in [-0.3, -0.25) is 9.59 Å². The van der Waals surface area contributed by atoms with Crippen LogP contribution in [0, 0.1) is 0 Å². The molecule has 0 fully saturated rings. The van der Waals surface area contributed by atoms with E-state index >= 15 is 0 Å². The Labute approximate surface area is 198 Å². The molecule has 0 spiro atoms. The molecule has 158 valence electrons. The van der Waals surface area contributed by atoms with Gasteiger partial charge in [0, 0.05) is 15.6 Å². The van der Waals surface area contributed by atoms with Crippen LogP contribution in [0.25, 0.3) is 6.08 Å². The number of nitrogen functional groups attached to an aromatic ring is 1. The fourth-order valence-corrected chi connectivity index (χ4v) is 3.38. The summed E-state index contributed by atoms with van der Waals surface area (Å²) < 4.78 is 0. The zero-order valence-electron chi connectivity index (χ0n) is 15.8. The zero-order valence-corrected chi connectivity index (χ0v) is 18.8. The Bertz CT molecular complexity index is 1180. The molecule has 0 aliphatic carbocycles. The Morgan fingerprint density at radius 2 is 1.52 bits per heavy atom. The van der Waals surface area contributed by atoms with E-state index in [1.54, 1.807) is 42.5 Å². The number of nitrogens with two attached hydrogens (primary N) is 1.